The topological polar surface area (TPSA) is 73.1 Å². The van der Waals surface area contributed by atoms with Gasteiger partial charge in [-0.25, -0.2) is 0 Å². The largest absolute Gasteiger partial charge is 0.395 e. The lowest BCUT2D eigenvalue weighted by atomic mass is 9.98. The second-order valence-corrected chi connectivity index (χ2v) is 4.63. The third kappa shape index (κ3) is 3.68. The molecular formula is C17H16N2O2. The summed E-state index contributed by atoms with van der Waals surface area (Å²) in [5.41, 5.74) is 1.44. The molecule has 0 bridgehead atoms. The number of carbonyl (C=O) groups is 1. The van der Waals surface area contributed by atoms with Crippen LogP contribution in [-0.2, 0) is 4.79 Å². The fraction of sp³-hybridized carbons (Fsp3) is 0.176. The van der Waals surface area contributed by atoms with Crippen LogP contribution in [0.25, 0.3) is 0 Å². The van der Waals surface area contributed by atoms with Crippen molar-refractivity contribution in [1.82, 2.24) is 5.32 Å². The Balaban J connectivity index is 2.14. The van der Waals surface area contributed by atoms with Crippen LogP contribution in [0, 0.1) is 11.3 Å². The van der Waals surface area contributed by atoms with Crippen LogP contribution < -0.4 is 5.32 Å². The highest BCUT2D eigenvalue weighted by atomic mass is 16.3. The molecule has 2 N–H and O–H groups in total. The zero-order chi connectivity index (χ0) is 15.1. The first-order valence-electron chi connectivity index (χ1n) is 6.67. The van der Waals surface area contributed by atoms with E-state index in [4.69, 9.17) is 0 Å². The zero-order valence-corrected chi connectivity index (χ0v) is 11.4. The summed E-state index contributed by atoms with van der Waals surface area (Å²) >= 11 is 0. The summed E-state index contributed by atoms with van der Waals surface area (Å²) in [5, 5.41) is 21.4. The van der Waals surface area contributed by atoms with E-state index >= 15 is 0 Å². The van der Waals surface area contributed by atoms with Crippen LogP contribution in [0.1, 0.15) is 23.1 Å². The average Bonchev–Trinajstić information content (AvgIpc) is 2.55. The quantitative estimate of drug-likeness (QED) is 0.881. The Kier molecular flexibility index (Phi) is 5.08. The van der Waals surface area contributed by atoms with E-state index in [0.717, 1.165) is 11.1 Å². The number of nitrogens with one attached hydrogen (secondary N) is 1. The second-order valence-electron chi connectivity index (χ2n) is 4.63. The Morgan fingerprint density at radius 2 is 1.57 bits per heavy atom. The first-order valence-corrected chi connectivity index (χ1v) is 6.67. The fourth-order valence-electron chi connectivity index (χ4n) is 2.10. The van der Waals surface area contributed by atoms with Crippen LogP contribution in [-0.4, -0.2) is 17.6 Å². The Morgan fingerprint density at radius 1 is 1.05 bits per heavy atom. The highest BCUT2D eigenvalue weighted by molar-refractivity contribution is 5.84. The van der Waals surface area contributed by atoms with Gasteiger partial charge in [0.05, 0.1) is 18.6 Å². The van der Waals surface area contributed by atoms with Gasteiger partial charge in [0.25, 0.3) is 0 Å². The van der Waals surface area contributed by atoms with Crippen molar-refractivity contribution in [2.75, 3.05) is 6.61 Å². The van der Waals surface area contributed by atoms with Crippen LogP contribution in [0.5, 0.6) is 0 Å². The van der Waals surface area contributed by atoms with Gasteiger partial charge in [-0.05, 0) is 11.1 Å². The van der Waals surface area contributed by atoms with Crippen LogP contribution in [0.15, 0.2) is 60.7 Å². The van der Waals surface area contributed by atoms with Gasteiger partial charge in [0, 0.05) is 0 Å². The molecule has 21 heavy (non-hydrogen) atoms. The highest BCUT2D eigenvalue weighted by Crippen LogP contribution is 2.18. The van der Waals surface area contributed by atoms with Gasteiger partial charge in [0.15, 0.2) is 0 Å². The number of benzene rings is 2. The molecule has 2 aromatic carbocycles. The van der Waals surface area contributed by atoms with E-state index < -0.39 is 12.0 Å². The molecule has 0 radical (unpaired) electrons. The zero-order valence-electron chi connectivity index (χ0n) is 11.4. The molecule has 4 heteroatoms. The normalized spacial score (nSPS) is 13.0. The second kappa shape index (κ2) is 7.22. The molecule has 0 heterocycles. The van der Waals surface area contributed by atoms with Gasteiger partial charge in [0.1, 0.15) is 6.04 Å². The van der Waals surface area contributed by atoms with Crippen LogP contribution in [0.4, 0.5) is 0 Å². The van der Waals surface area contributed by atoms with Crippen molar-refractivity contribution in [3.05, 3.63) is 71.8 Å². The summed E-state index contributed by atoms with van der Waals surface area (Å²) in [7, 11) is 0. The van der Waals surface area contributed by atoms with Crippen molar-refractivity contribution < 1.29 is 9.90 Å². The molecular weight excluding hydrogens is 264 g/mol. The van der Waals surface area contributed by atoms with Crippen molar-refractivity contribution in [3.63, 3.8) is 0 Å². The number of aliphatic hydroxyl groups excluding tert-OH is 1. The summed E-state index contributed by atoms with van der Waals surface area (Å²) in [6.45, 7) is -0.303. The van der Waals surface area contributed by atoms with Gasteiger partial charge in [-0.2, -0.15) is 5.26 Å². The predicted octanol–water partition coefficient (Wildman–Crippen LogP) is 2.14. The smallest absolute Gasteiger partial charge is 0.231 e. The molecule has 0 aliphatic carbocycles. The molecule has 106 valence electrons. The van der Waals surface area contributed by atoms with Crippen molar-refractivity contribution in [3.8, 4) is 6.07 Å². The van der Waals surface area contributed by atoms with E-state index in [-0.39, 0.29) is 12.5 Å². The molecule has 0 fully saturated rings. The number of nitrogens with zero attached hydrogens (tertiary/aromatic N) is 1. The third-order valence-corrected chi connectivity index (χ3v) is 3.25. The number of rotatable bonds is 5. The number of hydrogen-bond donors (Lipinski definition) is 2. The lowest BCUT2D eigenvalue weighted by molar-refractivity contribution is -0.123. The van der Waals surface area contributed by atoms with Crippen LogP contribution in [0.3, 0.4) is 0 Å². The van der Waals surface area contributed by atoms with E-state index in [9.17, 15) is 15.2 Å². The highest BCUT2D eigenvalue weighted by Gasteiger charge is 2.22. The molecule has 0 saturated heterocycles. The molecule has 0 aliphatic rings. The number of aliphatic hydroxyl groups is 1. The van der Waals surface area contributed by atoms with Gasteiger partial charge < -0.3 is 10.4 Å². The van der Waals surface area contributed by atoms with E-state index in [2.05, 4.69) is 11.4 Å². The maximum absolute atomic E-state index is 12.3. The van der Waals surface area contributed by atoms with E-state index in [1.54, 1.807) is 24.3 Å². The summed E-state index contributed by atoms with van der Waals surface area (Å²) in [6, 6.07) is 19.4. The average molecular weight is 280 g/mol. The van der Waals surface area contributed by atoms with E-state index in [1.807, 2.05) is 36.4 Å². The maximum Gasteiger partial charge on any atom is 0.231 e. The summed E-state index contributed by atoms with van der Waals surface area (Å²) < 4.78 is 0. The van der Waals surface area contributed by atoms with Gasteiger partial charge in [-0.3, -0.25) is 4.79 Å². The van der Waals surface area contributed by atoms with Gasteiger partial charge in [0.2, 0.25) is 5.91 Å². The number of amides is 1. The third-order valence-electron chi connectivity index (χ3n) is 3.25. The number of nitriles is 1. The summed E-state index contributed by atoms with van der Waals surface area (Å²) in [4.78, 5) is 12.3. The fourth-order valence-corrected chi connectivity index (χ4v) is 2.10. The van der Waals surface area contributed by atoms with Crippen molar-refractivity contribution >= 4 is 5.91 Å². The van der Waals surface area contributed by atoms with Crippen molar-refractivity contribution in [2.45, 2.75) is 12.0 Å². The van der Waals surface area contributed by atoms with Crippen LogP contribution >= 0.6 is 0 Å². The molecule has 0 saturated carbocycles. The molecule has 2 aromatic rings. The van der Waals surface area contributed by atoms with Crippen molar-refractivity contribution in [2.24, 2.45) is 0 Å². The predicted molar refractivity (Wildman–Crippen MR) is 79.2 cm³/mol. The number of carbonyl (C=O) groups excluding carboxylic acids is 1. The molecule has 0 spiro atoms. The maximum atomic E-state index is 12.3. The van der Waals surface area contributed by atoms with Crippen molar-refractivity contribution in [1.29, 1.82) is 5.26 Å². The lowest BCUT2D eigenvalue weighted by Crippen LogP contribution is -2.33. The Labute approximate surface area is 123 Å². The minimum absolute atomic E-state index is 0.303. The molecule has 4 nitrogen and oxygen atoms in total. The molecule has 2 rings (SSSR count). The van der Waals surface area contributed by atoms with E-state index in [1.165, 1.54) is 0 Å². The standard InChI is InChI=1S/C17H16N2O2/c18-11-16(14-9-5-2-6-10-14)19-17(21)15(12-20)13-7-3-1-4-8-13/h1-10,15-16,20H,12H2,(H,19,21). The molecule has 1 amide bonds. The molecule has 0 aromatic heterocycles. The van der Waals surface area contributed by atoms with Crippen LogP contribution in [0.2, 0.25) is 0 Å². The first-order chi connectivity index (χ1) is 10.3. The Morgan fingerprint density at radius 3 is 2.05 bits per heavy atom. The minimum Gasteiger partial charge on any atom is -0.395 e. The first kappa shape index (κ1) is 14.8. The van der Waals surface area contributed by atoms with Gasteiger partial charge in [-0.15, -0.1) is 0 Å². The monoisotopic (exact) mass is 280 g/mol. The SMILES string of the molecule is N#CC(NC(=O)C(CO)c1ccccc1)c1ccccc1. The van der Waals surface area contributed by atoms with Gasteiger partial charge >= 0.3 is 0 Å². The minimum atomic E-state index is -0.725. The molecule has 0 aliphatic heterocycles. The summed E-state index contributed by atoms with van der Waals surface area (Å²) in [5.74, 6) is -1.04. The van der Waals surface area contributed by atoms with E-state index in [0.29, 0.717) is 0 Å². The molecule has 2 unspecified atom stereocenters. The lowest BCUT2D eigenvalue weighted by Gasteiger charge is -2.18. The Bertz CT molecular complexity index is 620. The number of hydrogen-bond acceptors (Lipinski definition) is 3. The Hall–Kier alpha value is -2.64. The summed E-state index contributed by atoms with van der Waals surface area (Å²) in [6.07, 6.45) is 0. The van der Waals surface area contributed by atoms with Gasteiger partial charge in [-0.1, -0.05) is 60.7 Å². The molecule has 2 atom stereocenters.